The van der Waals surface area contributed by atoms with Crippen LogP contribution in [0, 0.1) is 5.41 Å². The number of hydrogen-bond acceptors (Lipinski definition) is 2. The number of hydrogen-bond donors (Lipinski definition) is 0. The lowest BCUT2D eigenvalue weighted by Gasteiger charge is -2.16. The van der Waals surface area contributed by atoms with Gasteiger partial charge in [0.05, 0.1) is 5.41 Å². The monoisotopic (exact) mass is 280 g/mol. The fraction of sp³-hybridized carbons (Fsp3) is 0.211. The molecular formula is C19H20O2. The highest BCUT2D eigenvalue weighted by Crippen LogP contribution is 2.20. The normalized spacial score (nSPS) is 11.6. The Bertz CT molecular complexity index is 617. The zero-order chi connectivity index (χ0) is 15.3. The molecule has 2 aromatic carbocycles. The molecule has 0 radical (unpaired) electrons. The van der Waals surface area contributed by atoms with Crippen molar-refractivity contribution in [1.29, 1.82) is 0 Å². The van der Waals surface area contributed by atoms with Crippen LogP contribution in [0.15, 0.2) is 54.6 Å². The molecule has 0 spiro atoms. The van der Waals surface area contributed by atoms with Crippen LogP contribution < -0.4 is 4.74 Å². The van der Waals surface area contributed by atoms with Gasteiger partial charge in [-0.2, -0.15) is 0 Å². The maximum absolute atomic E-state index is 11.8. The lowest BCUT2D eigenvalue weighted by atomic mass is 9.97. The van der Waals surface area contributed by atoms with Gasteiger partial charge in [0.25, 0.3) is 0 Å². The number of carbonyl (C=O) groups excluding carboxylic acids is 1. The minimum absolute atomic E-state index is 0.227. The van der Waals surface area contributed by atoms with E-state index in [1.165, 1.54) is 0 Å². The summed E-state index contributed by atoms with van der Waals surface area (Å²) >= 11 is 0. The molecule has 2 aromatic rings. The van der Waals surface area contributed by atoms with Crippen LogP contribution in [-0.4, -0.2) is 5.97 Å². The molecule has 0 aliphatic carbocycles. The van der Waals surface area contributed by atoms with Gasteiger partial charge in [-0.15, -0.1) is 0 Å². The van der Waals surface area contributed by atoms with Gasteiger partial charge in [-0.1, -0.05) is 54.6 Å². The van der Waals surface area contributed by atoms with E-state index in [2.05, 4.69) is 18.2 Å². The number of esters is 1. The van der Waals surface area contributed by atoms with E-state index in [0.29, 0.717) is 5.75 Å². The van der Waals surface area contributed by atoms with Crippen molar-refractivity contribution in [3.63, 3.8) is 0 Å². The fourth-order valence-corrected chi connectivity index (χ4v) is 1.66. The molecule has 0 amide bonds. The van der Waals surface area contributed by atoms with E-state index >= 15 is 0 Å². The van der Waals surface area contributed by atoms with Gasteiger partial charge < -0.3 is 4.74 Å². The summed E-state index contributed by atoms with van der Waals surface area (Å²) in [6.45, 7) is 5.52. The van der Waals surface area contributed by atoms with Crippen LogP contribution in [0.2, 0.25) is 0 Å². The van der Waals surface area contributed by atoms with E-state index in [1.807, 2.05) is 69.3 Å². The number of ether oxygens (including phenoxy) is 1. The molecule has 0 aliphatic rings. The van der Waals surface area contributed by atoms with Gasteiger partial charge in [0.1, 0.15) is 5.75 Å². The summed E-state index contributed by atoms with van der Waals surface area (Å²) in [4.78, 5) is 11.8. The second kappa shape index (κ2) is 6.40. The summed E-state index contributed by atoms with van der Waals surface area (Å²) < 4.78 is 5.33. The molecule has 0 aliphatic heterocycles. The minimum atomic E-state index is -0.494. The Morgan fingerprint density at radius 2 is 1.38 bits per heavy atom. The largest absolute Gasteiger partial charge is 0.426 e. The van der Waals surface area contributed by atoms with Gasteiger partial charge in [-0.3, -0.25) is 4.79 Å². The number of rotatable bonds is 3. The molecule has 0 unspecified atom stereocenters. The highest BCUT2D eigenvalue weighted by Gasteiger charge is 2.23. The molecule has 0 heterocycles. The zero-order valence-electron chi connectivity index (χ0n) is 12.7. The molecule has 0 saturated carbocycles. The molecule has 0 atom stereocenters. The molecule has 0 saturated heterocycles. The molecule has 0 N–H and O–H groups in total. The van der Waals surface area contributed by atoms with Crippen LogP contribution in [0.25, 0.3) is 12.2 Å². The summed E-state index contributed by atoms with van der Waals surface area (Å²) in [6, 6.07) is 17.6. The average molecular weight is 280 g/mol. The van der Waals surface area contributed by atoms with Crippen molar-refractivity contribution >= 4 is 18.1 Å². The smallest absolute Gasteiger partial charge is 0.316 e. The van der Waals surface area contributed by atoms with Crippen LogP contribution in [-0.2, 0) is 4.79 Å². The second-order valence-electron chi connectivity index (χ2n) is 5.95. The highest BCUT2D eigenvalue weighted by molar-refractivity contribution is 5.78. The van der Waals surface area contributed by atoms with Gasteiger partial charge in [0, 0.05) is 0 Å². The summed E-state index contributed by atoms with van der Waals surface area (Å²) in [5.41, 5.74) is 1.72. The Labute approximate surface area is 126 Å². The molecule has 0 aromatic heterocycles. The van der Waals surface area contributed by atoms with Gasteiger partial charge in [-0.25, -0.2) is 0 Å². The Hall–Kier alpha value is -2.35. The van der Waals surface area contributed by atoms with Crippen LogP contribution in [0.1, 0.15) is 31.9 Å². The summed E-state index contributed by atoms with van der Waals surface area (Å²) in [5.74, 6) is 0.349. The molecule has 2 rings (SSSR count). The first-order valence-corrected chi connectivity index (χ1v) is 7.01. The van der Waals surface area contributed by atoms with E-state index in [-0.39, 0.29) is 5.97 Å². The van der Waals surface area contributed by atoms with Gasteiger partial charge in [-0.05, 0) is 44.0 Å². The average Bonchev–Trinajstić information content (AvgIpc) is 2.46. The van der Waals surface area contributed by atoms with E-state index in [0.717, 1.165) is 11.1 Å². The van der Waals surface area contributed by atoms with Crippen LogP contribution >= 0.6 is 0 Å². The first-order chi connectivity index (χ1) is 9.95. The SMILES string of the molecule is CC(C)(C)C(=O)Oc1ccc(/C=C\c2ccccc2)cc1. The van der Waals surface area contributed by atoms with E-state index in [1.54, 1.807) is 0 Å². The Balaban J connectivity index is 2.03. The molecule has 108 valence electrons. The summed E-state index contributed by atoms with van der Waals surface area (Å²) in [7, 11) is 0. The third kappa shape index (κ3) is 4.60. The van der Waals surface area contributed by atoms with E-state index < -0.39 is 5.41 Å². The van der Waals surface area contributed by atoms with Gasteiger partial charge in [0.15, 0.2) is 0 Å². The molecular weight excluding hydrogens is 260 g/mol. The van der Waals surface area contributed by atoms with Crippen LogP contribution in [0.5, 0.6) is 5.75 Å². The lowest BCUT2D eigenvalue weighted by Crippen LogP contribution is -2.25. The van der Waals surface area contributed by atoms with Crippen molar-refractivity contribution < 1.29 is 9.53 Å². The predicted octanol–water partition coefficient (Wildman–Crippen LogP) is 4.81. The van der Waals surface area contributed by atoms with Crippen molar-refractivity contribution in [2.75, 3.05) is 0 Å². The predicted molar refractivity (Wildman–Crippen MR) is 86.9 cm³/mol. The van der Waals surface area contributed by atoms with Gasteiger partial charge >= 0.3 is 5.97 Å². The third-order valence-corrected chi connectivity index (χ3v) is 2.97. The summed E-state index contributed by atoms with van der Waals surface area (Å²) in [6.07, 6.45) is 4.08. The fourth-order valence-electron chi connectivity index (χ4n) is 1.66. The Kier molecular flexibility index (Phi) is 4.59. The maximum Gasteiger partial charge on any atom is 0.316 e. The van der Waals surface area contributed by atoms with E-state index in [9.17, 15) is 4.79 Å². The molecule has 21 heavy (non-hydrogen) atoms. The van der Waals surface area contributed by atoms with Crippen molar-refractivity contribution in [2.45, 2.75) is 20.8 Å². The Morgan fingerprint density at radius 3 is 1.90 bits per heavy atom. The van der Waals surface area contributed by atoms with Crippen molar-refractivity contribution in [1.82, 2.24) is 0 Å². The maximum atomic E-state index is 11.8. The number of benzene rings is 2. The van der Waals surface area contributed by atoms with Crippen molar-refractivity contribution in [3.05, 3.63) is 65.7 Å². The molecule has 0 bridgehead atoms. The standard InChI is InChI=1S/C19H20O2/c1-19(2,3)18(20)21-17-13-11-16(12-14-17)10-9-15-7-5-4-6-8-15/h4-14H,1-3H3/b10-9-. The van der Waals surface area contributed by atoms with Crippen LogP contribution in [0.3, 0.4) is 0 Å². The second-order valence-corrected chi connectivity index (χ2v) is 5.95. The zero-order valence-corrected chi connectivity index (χ0v) is 12.7. The molecule has 2 nitrogen and oxygen atoms in total. The molecule has 0 fully saturated rings. The highest BCUT2D eigenvalue weighted by atomic mass is 16.5. The van der Waals surface area contributed by atoms with Crippen LogP contribution in [0.4, 0.5) is 0 Å². The Morgan fingerprint density at radius 1 is 0.857 bits per heavy atom. The quantitative estimate of drug-likeness (QED) is 0.458. The van der Waals surface area contributed by atoms with Crippen molar-refractivity contribution in [3.8, 4) is 5.75 Å². The minimum Gasteiger partial charge on any atom is -0.426 e. The topological polar surface area (TPSA) is 26.3 Å². The lowest BCUT2D eigenvalue weighted by molar-refractivity contribution is -0.142. The number of carbonyl (C=O) groups is 1. The van der Waals surface area contributed by atoms with E-state index in [4.69, 9.17) is 4.74 Å². The first-order valence-electron chi connectivity index (χ1n) is 7.01. The van der Waals surface area contributed by atoms with Gasteiger partial charge in [0.2, 0.25) is 0 Å². The molecule has 2 heteroatoms. The third-order valence-electron chi connectivity index (χ3n) is 2.97. The first kappa shape index (κ1) is 15.0. The van der Waals surface area contributed by atoms with Crippen molar-refractivity contribution in [2.24, 2.45) is 5.41 Å². The summed E-state index contributed by atoms with van der Waals surface area (Å²) in [5, 5.41) is 0.